The number of likely N-dealkylation sites (tertiary alicyclic amines) is 1. The molecule has 2 heterocycles. The molecule has 1 saturated carbocycles. The fourth-order valence-electron chi connectivity index (χ4n) is 4.73. The van der Waals surface area contributed by atoms with Crippen molar-refractivity contribution in [3.63, 3.8) is 0 Å². The number of hydrogen-bond acceptors (Lipinski definition) is 6. The van der Waals surface area contributed by atoms with Gasteiger partial charge in [0, 0.05) is 23.7 Å². The fourth-order valence-corrected chi connectivity index (χ4v) is 5.35. The van der Waals surface area contributed by atoms with Crippen molar-refractivity contribution < 1.29 is 9.59 Å². The second-order valence-electron chi connectivity index (χ2n) is 8.43. The van der Waals surface area contributed by atoms with Crippen molar-refractivity contribution in [2.45, 2.75) is 63.6 Å². The van der Waals surface area contributed by atoms with Gasteiger partial charge in [0.1, 0.15) is 11.7 Å². The Morgan fingerprint density at radius 3 is 2.72 bits per heavy atom. The third-order valence-corrected chi connectivity index (χ3v) is 7.15. The van der Waals surface area contributed by atoms with E-state index in [1.807, 2.05) is 12.1 Å². The number of hydrogen-bond donors (Lipinski definition) is 2. The summed E-state index contributed by atoms with van der Waals surface area (Å²) >= 11 is 7.31. The second-order valence-corrected chi connectivity index (χ2v) is 9.42. The van der Waals surface area contributed by atoms with Crippen LogP contribution in [-0.2, 0) is 16.1 Å². The maximum Gasteiger partial charge on any atom is 0.243 e. The Morgan fingerprint density at radius 2 is 2.00 bits per heavy atom. The Balaban J connectivity index is 0.00000289. The summed E-state index contributed by atoms with van der Waals surface area (Å²) in [7, 11) is 0. The molecule has 0 bridgehead atoms. The largest absolute Gasteiger partial charge is 0.350 e. The number of nitrogens with two attached hydrogens (primary N) is 1. The number of nitrogens with zero attached hydrogens (tertiary/aromatic N) is 3. The van der Waals surface area contributed by atoms with Crippen molar-refractivity contribution in [3.8, 4) is 11.3 Å². The van der Waals surface area contributed by atoms with Crippen LogP contribution in [0.3, 0.4) is 0 Å². The summed E-state index contributed by atoms with van der Waals surface area (Å²) in [4.78, 5) is 27.8. The van der Waals surface area contributed by atoms with E-state index in [1.165, 1.54) is 6.42 Å². The molecule has 1 aromatic carbocycles. The number of rotatable bonds is 6. The van der Waals surface area contributed by atoms with E-state index < -0.39 is 12.1 Å². The van der Waals surface area contributed by atoms with Gasteiger partial charge in [-0.3, -0.25) is 9.59 Å². The number of carbonyl (C=O) groups is 2. The number of carbonyl (C=O) groups excluding carboxylic acids is 2. The maximum absolute atomic E-state index is 13.1. The van der Waals surface area contributed by atoms with Crippen molar-refractivity contribution in [2.75, 3.05) is 6.54 Å². The van der Waals surface area contributed by atoms with Gasteiger partial charge in [-0.15, -0.1) is 12.4 Å². The number of halogens is 2. The van der Waals surface area contributed by atoms with Crippen LogP contribution in [0.1, 0.15) is 50.5 Å². The summed E-state index contributed by atoms with van der Waals surface area (Å²) in [6.45, 7) is 0.893. The third-order valence-electron chi connectivity index (χ3n) is 6.44. The van der Waals surface area contributed by atoms with Gasteiger partial charge in [-0.1, -0.05) is 36.9 Å². The van der Waals surface area contributed by atoms with E-state index in [9.17, 15) is 9.59 Å². The summed E-state index contributed by atoms with van der Waals surface area (Å²) in [5.41, 5.74) is 8.84. The number of nitrogens with one attached hydrogen (secondary N) is 1. The Morgan fingerprint density at radius 1 is 1.22 bits per heavy atom. The first-order valence-electron chi connectivity index (χ1n) is 10.9. The van der Waals surface area contributed by atoms with E-state index >= 15 is 0 Å². The first-order valence-corrected chi connectivity index (χ1v) is 12.1. The minimum Gasteiger partial charge on any atom is -0.350 e. The maximum atomic E-state index is 13.1. The normalized spacial score (nSPS) is 19.9. The standard InChI is InChI=1S/C22H28ClN5O2S.ClH/c23-16-8-9-17(18-13-26-31-27-18)15(11-16)12-25-21(29)19-7-4-10-28(19)22(30)20(24)14-5-2-1-3-6-14;/h8-9,11,13-14,19-20H,1-7,10,12,24H2,(H,25,29);1H/t19-,20+;/m0./s1. The minimum absolute atomic E-state index is 0. The van der Waals surface area contributed by atoms with Gasteiger partial charge in [-0.05, 0) is 49.3 Å². The van der Waals surface area contributed by atoms with Crippen LogP contribution in [0.2, 0.25) is 5.02 Å². The topological polar surface area (TPSA) is 101 Å². The van der Waals surface area contributed by atoms with Crippen LogP contribution < -0.4 is 11.1 Å². The van der Waals surface area contributed by atoms with Crippen LogP contribution >= 0.6 is 35.7 Å². The highest BCUT2D eigenvalue weighted by molar-refractivity contribution is 6.99. The van der Waals surface area contributed by atoms with Crippen molar-refractivity contribution >= 4 is 47.6 Å². The predicted molar refractivity (Wildman–Crippen MR) is 129 cm³/mol. The summed E-state index contributed by atoms with van der Waals surface area (Å²) in [5.74, 6) is -0.00290. The van der Waals surface area contributed by atoms with Crippen molar-refractivity contribution in [3.05, 3.63) is 35.0 Å². The van der Waals surface area contributed by atoms with E-state index in [0.717, 1.165) is 60.7 Å². The van der Waals surface area contributed by atoms with Crippen LogP contribution in [0, 0.1) is 5.92 Å². The summed E-state index contributed by atoms with van der Waals surface area (Å²) in [6.07, 6.45) is 8.65. The van der Waals surface area contributed by atoms with Crippen LogP contribution in [0.25, 0.3) is 11.3 Å². The number of benzene rings is 1. The molecular formula is C22H29Cl2N5O2S. The van der Waals surface area contributed by atoms with E-state index in [2.05, 4.69) is 14.1 Å². The molecule has 1 aliphatic carbocycles. The molecule has 10 heteroatoms. The molecule has 2 fully saturated rings. The van der Waals surface area contributed by atoms with Gasteiger partial charge in [-0.25, -0.2) is 0 Å². The molecule has 3 N–H and O–H groups in total. The average molecular weight is 498 g/mol. The smallest absolute Gasteiger partial charge is 0.243 e. The number of amides is 2. The van der Waals surface area contributed by atoms with Crippen molar-refractivity contribution in [1.29, 1.82) is 0 Å². The molecular weight excluding hydrogens is 469 g/mol. The van der Waals surface area contributed by atoms with E-state index in [4.69, 9.17) is 17.3 Å². The van der Waals surface area contributed by atoms with Crippen LogP contribution in [0.5, 0.6) is 0 Å². The molecule has 7 nitrogen and oxygen atoms in total. The number of aromatic nitrogens is 2. The molecule has 2 atom stereocenters. The van der Waals surface area contributed by atoms with Gasteiger partial charge in [0.15, 0.2) is 0 Å². The van der Waals surface area contributed by atoms with Gasteiger partial charge in [0.25, 0.3) is 0 Å². The van der Waals surface area contributed by atoms with Crippen molar-refractivity contribution in [1.82, 2.24) is 19.0 Å². The van der Waals surface area contributed by atoms with E-state index in [0.29, 0.717) is 24.5 Å². The lowest BCUT2D eigenvalue weighted by Crippen LogP contribution is -2.53. The zero-order valence-corrected chi connectivity index (χ0v) is 20.2. The summed E-state index contributed by atoms with van der Waals surface area (Å²) in [5, 5.41) is 3.59. The Hall–Kier alpha value is -1.74. The highest BCUT2D eigenvalue weighted by atomic mass is 35.5. The Bertz CT molecular complexity index is 921. The SMILES string of the molecule is Cl.N[C@@H](C(=O)N1CCC[C@H]1C(=O)NCc1cc(Cl)ccc1-c1cnsn1)C1CCCCC1. The molecule has 4 rings (SSSR count). The van der Waals surface area contributed by atoms with E-state index in [-0.39, 0.29) is 30.1 Å². The van der Waals surface area contributed by atoms with Gasteiger partial charge in [0.2, 0.25) is 11.8 Å². The van der Waals surface area contributed by atoms with Crippen LogP contribution in [-0.4, -0.2) is 44.1 Å². The molecule has 2 amide bonds. The molecule has 0 spiro atoms. The molecule has 2 aromatic rings. The summed E-state index contributed by atoms with van der Waals surface area (Å²) in [6, 6.07) is 4.53. The predicted octanol–water partition coefficient (Wildman–Crippen LogP) is 3.80. The van der Waals surface area contributed by atoms with E-state index in [1.54, 1.807) is 17.2 Å². The van der Waals surface area contributed by atoms with Gasteiger partial charge >= 0.3 is 0 Å². The first-order chi connectivity index (χ1) is 15.0. The second kappa shape index (κ2) is 11.4. The zero-order valence-electron chi connectivity index (χ0n) is 17.8. The Labute approximate surface area is 203 Å². The average Bonchev–Trinajstić information content (AvgIpc) is 3.49. The summed E-state index contributed by atoms with van der Waals surface area (Å²) < 4.78 is 8.35. The monoisotopic (exact) mass is 497 g/mol. The fraction of sp³-hybridized carbons (Fsp3) is 0.545. The highest BCUT2D eigenvalue weighted by Gasteiger charge is 2.38. The molecule has 1 aromatic heterocycles. The molecule has 1 saturated heterocycles. The third kappa shape index (κ3) is 5.60. The molecule has 1 aliphatic heterocycles. The molecule has 0 radical (unpaired) electrons. The lowest BCUT2D eigenvalue weighted by atomic mass is 9.83. The molecule has 174 valence electrons. The lowest BCUT2D eigenvalue weighted by molar-refractivity contribution is -0.140. The molecule has 0 unspecified atom stereocenters. The molecule has 2 aliphatic rings. The molecule has 32 heavy (non-hydrogen) atoms. The quantitative estimate of drug-likeness (QED) is 0.631. The van der Waals surface area contributed by atoms with Gasteiger partial charge in [0.05, 0.1) is 24.0 Å². The Kier molecular flexibility index (Phi) is 8.87. The first kappa shape index (κ1) is 24.9. The highest BCUT2D eigenvalue weighted by Crippen LogP contribution is 2.29. The zero-order chi connectivity index (χ0) is 21.8. The lowest BCUT2D eigenvalue weighted by Gasteiger charge is -2.32. The van der Waals surface area contributed by atoms with Gasteiger partial charge < -0.3 is 16.0 Å². The minimum atomic E-state index is -0.509. The van der Waals surface area contributed by atoms with Gasteiger partial charge in [-0.2, -0.15) is 8.75 Å². The van der Waals surface area contributed by atoms with Crippen LogP contribution in [0.15, 0.2) is 24.4 Å². The van der Waals surface area contributed by atoms with Crippen molar-refractivity contribution in [2.24, 2.45) is 11.7 Å². The van der Waals surface area contributed by atoms with Crippen LogP contribution in [0.4, 0.5) is 0 Å².